The van der Waals surface area contributed by atoms with Crippen LogP contribution in [0.2, 0.25) is 0 Å². The van der Waals surface area contributed by atoms with E-state index in [2.05, 4.69) is 0 Å². The number of fused-ring (bicyclic) bond motifs is 1. The molecule has 3 nitrogen and oxygen atoms in total. The van der Waals surface area contributed by atoms with Gasteiger partial charge in [-0.25, -0.2) is 0 Å². The summed E-state index contributed by atoms with van der Waals surface area (Å²) in [6.07, 6.45) is 3.23. The van der Waals surface area contributed by atoms with E-state index in [-0.39, 0.29) is 11.5 Å². The SMILES string of the molecule is COc1cc(C=CC(=O)c2ccc3ccccc3c2)ccc1O. The maximum atomic E-state index is 12.3. The number of aromatic hydroxyl groups is 1. The molecule has 23 heavy (non-hydrogen) atoms. The molecule has 3 rings (SSSR count). The molecule has 0 unspecified atom stereocenters. The Bertz CT molecular complexity index is 894. The zero-order valence-electron chi connectivity index (χ0n) is 12.7. The van der Waals surface area contributed by atoms with Crippen LogP contribution in [0.4, 0.5) is 0 Å². The Morgan fingerprint density at radius 1 is 1.00 bits per heavy atom. The third-order valence-electron chi connectivity index (χ3n) is 3.66. The van der Waals surface area contributed by atoms with Gasteiger partial charge in [0.1, 0.15) is 0 Å². The van der Waals surface area contributed by atoms with E-state index in [4.69, 9.17) is 4.74 Å². The molecule has 3 aromatic rings. The highest BCUT2D eigenvalue weighted by molar-refractivity contribution is 6.08. The Morgan fingerprint density at radius 2 is 1.78 bits per heavy atom. The maximum Gasteiger partial charge on any atom is 0.185 e. The molecule has 0 heterocycles. The largest absolute Gasteiger partial charge is 0.504 e. The zero-order chi connectivity index (χ0) is 16.2. The molecule has 0 aliphatic carbocycles. The molecule has 0 atom stereocenters. The molecule has 0 saturated carbocycles. The molecule has 0 radical (unpaired) electrons. The minimum absolute atomic E-state index is 0.0669. The highest BCUT2D eigenvalue weighted by Gasteiger charge is 2.04. The van der Waals surface area contributed by atoms with Gasteiger partial charge in [0.05, 0.1) is 7.11 Å². The van der Waals surface area contributed by atoms with E-state index in [1.165, 1.54) is 13.2 Å². The lowest BCUT2D eigenvalue weighted by Crippen LogP contribution is -1.94. The van der Waals surface area contributed by atoms with E-state index in [9.17, 15) is 9.90 Å². The van der Waals surface area contributed by atoms with E-state index in [0.717, 1.165) is 16.3 Å². The number of ether oxygens (including phenoxy) is 1. The first-order chi connectivity index (χ1) is 11.2. The number of ketones is 1. The van der Waals surface area contributed by atoms with E-state index in [1.54, 1.807) is 24.3 Å². The summed E-state index contributed by atoms with van der Waals surface area (Å²) in [5.41, 5.74) is 1.43. The van der Waals surface area contributed by atoms with Crippen LogP contribution in [-0.4, -0.2) is 18.0 Å². The summed E-state index contributed by atoms with van der Waals surface area (Å²) < 4.78 is 5.06. The Morgan fingerprint density at radius 3 is 2.57 bits per heavy atom. The van der Waals surface area contributed by atoms with Gasteiger partial charge in [0.2, 0.25) is 0 Å². The number of phenolic OH excluding ortho intramolecular Hbond substituents is 1. The highest BCUT2D eigenvalue weighted by Crippen LogP contribution is 2.26. The Labute approximate surface area is 134 Å². The molecule has 0 amide bonds. The smallest absolute Gasteiger partial charge is 0.185 e. The van der Waals surface area contributed by atoms with Crippen molar-refractivity contribution in [3.8, 4) is 11.5 Å². The quantitative estimate of drug-likeness (QED) is 0.572. The van der Waals surface area contributed by atoms with Crippen LogP contribution in [0.15, 0.2) is 66.7 Å². The van der Waals surface area contributed by atoms with Gasteiger partial charge in [-0.2, -0.15) is 0 Å². The third-order valence-corrected chi connectivity index (χ3v) is 3.66. The van der Waals surface area contributed by atoms with Crippen LogP contribution in [0.1, 0.15) is 15.9 Å². The first-order valence-corrected chi connectivity index (χ1v) is 7.25. The van der Waals surface area contributed by atoms with Gasteiger partial charge in [-0.1, -0.05) is 48.5 Å². The molecule has 0 saturated heterocycles. The zero-order valence-corrected chi connectivity index (χ0v) is 12.7. The van der Waals surface area contributed by atoms with Crippen LogP contribution < -0.4 is 4.74 Å². The molecule has 0 aliphatic rings. The lowest BCUT2D eigenvalue weighted by atomic mass is 10.0. The standard InChI is InChI=1S/C20H16O3/c1-23-20-12-14(7-11-19(20)22)6-10-18(21)17-9-8-15-4-2-3-5-16(15)13-17/h2-13,22H,1H3. The Kier molecular flexibility index (Phi) is 4.11. The summed E-state index contributed by atoms with van der Waals surface area (Å²) in [4.78, 5) is 12.3. The van der Waals surface area contributed by atoms with Gasteiger partial charge in [-0.3, -0.25) is 4.79 Å². The molecular weight excluding hydrogens is 288 g/mol. The van der Waals surface area contributed by atoms with Gasteiger partial charge in [0, 0.05) is 5.56 Å². The number of hydrogen-bond acceptors (Lipinski definition) is 3. The highest BCUT2D eigenvalue weighted by atomic mass is 16.5. The maximum absolute atomic E-state index is 12.3. The molecular formula is C20H16O3. The van der Waals surface area contributed by atoms with Crippen molar-refractivity contribution in [1.29, 1.82) is 0 Å². The number of methoxy groups -OCH3 is 1. The number of carbonyl (C=O) groups excluding carboxylic acids is 1. The second-order valence-electron chi connectivity index (χ2n) is 5.19. The first-order valence-electron chi connectivity index (χ1n) is 7.25. The molecule has 1 N–H and O–H groups in total. The van der Waals surface area contributed by atoms with Gasteiger partial charge in [0.25, 0.3) is 0 Å². The topological polar surface area (TPSA) is 46.5 Å². The van der Waals surface area contributed by atoms with Crippen molar-refractivity contribution in [2.45, 2.75) is 0 Å². The van der Waals surface area contributed by atoms with Gasteiger partial charge in [-0.15, -0.1) is 0 Å². The van der Waals surface area contributed by atoms with Gasteiger partial charge >= 0.3 is 0 Å². The van der Waals surface area contributed by atoms with Crippen LogP contribution in [0.5, 0.6) is 11.5 Å². The average molecular weight is 304 g/mol. The summed E-state index contributed by atoms with van der Waals surface area (Å²) in [6.45, 7) is 0. The second kappa shape index (κ2) is 6.36. The Hall–Kier alpha value is -3.07. The van der Waals surface area contributed by atoms with Gasteiger partial charge in [0.15, 0.2) is 17.3 Å². The van der Waals surface area contributed by atoms with Crippen LogP contribution in [0.3, 0.4) is 0 Å². The van der Waals surface area contributed by atoms with Crippen LogP contribution in [0, 0.1) is 0 Å². The van der Waals surface area contributed by atoms with Gasteiger partial charge in [-0.05, 0) is 40.6 Å². The third kappa shape index (κ3) is 3.24. The number of benzene rings is 3. The molecule has 0 aromatic heterocycles. The number of allylic oxidation sites excluding steroid dienone is 1. The van der Waals surface area contributed by atoms with E-state index in [0.29, 0.717) is 11.3 Å². The predicted molar refractivity (Wildman–Crippen MR) is 92.0 cm³/mol. The van der Waals surface area contributed by atoms with E-state index < -0.39 is 0 Å². The number of carbonyl (C=O) groups is 1. The summed E-state index contributed by atoms with van der Waals surface area (Å²) in [5.74, 6) is 0.388. The molecule has 114 valence electrons. The summed E-state index contributed by atoms with van der Waals surface area (Å²) >= 11 is 0. The molecule has 0 spiro atoms. The second-order valence-corrected chi connectivity index (χ2v) is 5.19. The van der Waals surface area contributed by atoms with Crippen molar-refractivity contribution in [2.75, 3.05) is 7.11 Å². The van der Waals surface area contributed by atoms with Crippen LogP contribution >= 0.6 is 0 Å². The monoisotopic (exact) mass is 304 g/mol. The molecule has 0 bridgehead atoms. The van der Waals surface area contributed by atoms with Crippen molar-refractivity contribution >= 4 is 22.6 Å². The minimum Gasteiger partial charge on any atom is -0.504 e. The summed E-state index contributed by atoms with van der Waals surface area (Å²) in [7, 11) is 1.49. The predicted octanol–water partition coefficient (Wildman–Crippen LogP) is 4.45. The molecule has 3 aromatic carbocycles. The Balaban J connectivity index is 1.85. The van der Waals surface area contributed by atoms with Crippen molar-refractivity contribution < 1.29 is 14.6 Å². The van der Waals surface area contributed by atoms with E-state index in [1.807, 2.05) is 42.5 Å². The van der Waals surface area contributed by atoms with Crippen molar-refractivity contribution in [1.82, 2.24) is 0 Å². The van der Waals surface area contributed by atoms with Crippen molar-refractivity contribution in [3.05, 3.63) is 77.9 Å². The fourth-order valence-corrected chi connectivity index (χ4v) is 2.41. The lowest BCUT2D eigenvalue weighted by Gasteiger charge is -2.03. The molecule has 0 fully saturated rings. The summed E-state index contributed by atoms with van der Waals surface area (Å²) in [5, 5.41) is 11.7. The summed E-state index contributed by atoms with van der Waals surface area (Å²) in [6, 6.07) is 18.5. The van der Waals surface area contributed by atoms with Crippen molar-refractivity contribution in [2.24, 2.45) is 0 Å². The number of phenols is 1. The fourth-order valence-electron chi connectivity index (χ4n) is 2.41. The van der Waals surface area contributed by atoms with E-state index >= 15 is 0 Å². The van der Waals surface area contributed by atoms with Crippen LogP contribution in [-0.2, 0) is 0 Å². The molecule has 0 aliphatic heterocycles. The number of rotatable bonds is 4. The van der Waals surface area contributed by atoms with Gasteiger partial charge < -0.3 is 9.84 Å². The normalized spacial score (nSPS) is 11.0. The van der Waals surface area contributed by atoms with Crippen LogP contribution in [0.25, 0.3) is 16.8 Å². The first kappa shape index (κ1) is 14.9. The molecule has 3 heteroatoms. The fraction of sp³-hybridized carbons (Fsp3) is 0.0500. The number of hydrogen-bond donors (Lipinski definition) is 1. The average Bonchev–Trinajstić information content (AvgIpc) is 2.60. The minimum atomic E-state index is -0.0669. The van der Waals surface area contributed by atoms with Crippen molar-refractivity contribution in [3.63, 3.8) is 0 Å². The lowest BCUT2D eigenvalue weighted by molar-refractivity contribution is 0.104.